The molecule has 0 spiro atoms. The van der Waals surface area contributed by atoms with E-state index in [1.165, 1.54) is 12.1 Å². The fourth-order valence-corrected chi connectivity index (χ4v) is 3.91. The Morgan fingerprint density at radius 3 is 2.45 bits per heavy atom. The fraction of sp³-hybridized carbons (Fsp3) is 0.0625. The van der Waals surface area contributed by atoms with E-state index in [9.17, 15) is 8.42 Å². The first-order chi connectivity index (χ1) is 10.4. The zero-order valence-electron chi connectivity index (χ0n) is 11.3. The van der Waals surface area contributed by atoms with Gasteiger partial charge in [-0.1, -0.05) is 33.6 Å². The molecule has 0 aliphatic carbocycles. The van der Waals surface area contributed by atoms with E-state index in [2.05, 4.69) is 20.9 Å². The Bertz CT molecular complexity index is 940. The van der Waals surface area contributed by atoms with Crippen LogP contribution in [0.2, 0.25) is 5.02 Å². The first kappa shape index (κ1) is 15.5. The van der Waals surface area contributed by atoms with Gasteiger partial charge in [0.05, 0.1) is 21.9 Å². The monoisotopic (exact) mass is 395 g/mol. The average molecular weight is 397 g/mol. The number of nitrogens with zero attached hydrogens (tertiary/aromatic N) is 1. The summed E-state index contributed by atoms with van der Waals surface area (Å²) in [4.78, 5) is 4.66. The maximum Gasteiger partial charge on any atom is 0.184 e. The van der Waals surface area contributed by atoms with Gasteiger partial charge in [0, 0.05) is 14.9 Å². The molecule has 3 nitrogen and oxygen atoms in total. The lowest BCUT2D eigenvalue weighted by molar-refractivity contribution is 0.594. The summed E-state index contributed by atoms with van der Waals surface area (Å²) >= 11 is 9.19. The Morgan fingerprint density at radius 2 is 1.73 bits per heavy atom. The second kappa shape index (κ2) is 5.99. The summed E-state index contributed by atoms with van der Waals surface area (Å²) in [6.45, 7) is 0. The van der Waals surface area contributed by atoms with Crippen LogP contribution >= 0.6 is 27.5 Å². The molecule has 0 saturated carbocycles. The molecule has 1 heterocycles. The molecule has 0 bridgehead atoms. The van der Waals surface area contributed by atoms with Crippen LogP contribution in [-0.2, 0) is 15.6 Å². The van der Waals surface area contributed by atoms with Crippen LogP contribution in [0.15, 0.2) is 64.0 Å². The number of halogens is 2. The molecule has 0 fully saturated rings. The van der Waals surface area contributed by atoms with Gasteiger partial charge >= 0.3 is 0 Å². The highest BCUT2D eigenvalue weighted by molar-refractivity contribution is 9.10. The van der Waals surface area contributed by atoms with Gasteiger partial charge in [-0.2, -0.15) is 0 Å². The van der Waals surface area contributed by atoms with Gasteiger partial charge in [-0.05, 0) is 48.5 Å². The van der Waals surface area contributed by atoms with E-state index in [0.717, 1.165) is 15.4 Å². The van der Waals surface area contributed by atoms with E-state index >= 15 is 0 Å². The van der Waals surface area contributed by atoms with Crippen LogP contribution in [0.5, 0.6) is 0 Å². The zero-order valence-corrected chi connectivity index (χ0v) is 14.5. The number of sulfone groups is 1. The molecule has 22 heavy (non-hydrogen) atoms. The van der Waals surface area contributed by atoms with Crippen LogP contribution in [0.3, 0.4) is 0 Å². The molecule has 6 heteroatoms. The minimum atomic E-state index is -3.44. The third-order valence-corrected chi connectivity index (χ3v) is 5.63. The first-order valence-corrected chi connectivity index (χ1v) is 9.30. The Hall–Kier alpha value is -1.43. The van der Waals surface area contributed by atoms with Gasteiger partial charge in [0.2, 0.25) is 0 Å². The summed E-state index contributed by atoms with van der Waals surface area (Å²) in [6, 6.07) is 15.5. The lowest BCUT2D eigenvalue weighted by Crippen LogP contribution is -2.06. The predicted molar refractivity (Wildman–Crippen MR) is 91.8 cm³/mol. The van der Waals surface area contributed by atoms with E-state index < -0.39 is 9.84 Å². The highest BCUT2D eigenvalue weighted by atomic mass is 79.9. The summed E-state index contributed by atoms with van der Waals surface area (Å²) < 4.78 is 25.8. The molecular formula is C16H11BrClNO2S. The Labute approximate surface area is 142 Å². The van der Waals surface area contributed by atoms with Gasteiger partial charge < -0.3 is 0 Å². The predicted octanol–water partition coefficient (Wildman–Crippen LogP) is 4.62. The van der Waals surface area contributed by atoms with Crippen molar-refractivity contribution in [2.45, 2.75) is 10.6 Å². The van der Waals surface area contributed by atoms with Gasteiger partial charge in [-0.15, -0.1) is 0 Å². The van der Waals surface area contributed by atoms with Crippen molar-refractivity contribution in [2.24, 2.45) is 0 Å². The molecule has 0 N–H and O–H groups in total. The third-order valence-electron chi connectivity index (χ3n) is 3.22. The number of hydrogen-bond donors (Lipinski definition) is 0. The molecular weight excluding hydrogens is 386 g/mol. The second-order valence-electron chi connectivity index (χ2n) is 4.85. The Kier molecular flexibility index (Phi) is 4.21. The van der Waals surface area contributed by atoms with Gasteiger partial charge in [0.15, 0.2) is 9.84 Å². The number of pyridine rings is 1. The fourth-order valence-electron chi connectivity index (χ4n) is 2.14. The number of aromatic nitrogens is 1. The molecule has 3 rings (SSSR count). The standard InChI is InChI=1S/C16H11BrClNO2S/c17-12-2-8-16-11(9-12)1-5-14(19-16)10-22(20,21)15-6-3-13(18)4-7-15/h1-9H,10H2. The summed E-state index contributed by atoms with van der Waals surface area (Å²) in [6.07, 6.45) is 0. The topological polar surface area (TPSA) is 47.0 Å². The van der Waals surface area contributed by atoms with Gasteiger partial charge in [0.25, 0.3) is 0 Å². The molecule has 0 atom stereocenters. The van der Waals surface area contributed by atoms with Crippen LogP contribution in [0.1, 0.15) is 5.69 Å². The van der Waals surface area contributed by atoms with Crippen LogP contribution in [-0.4, -0.2) is 13.4 Å². The third kappa shape index (κ3) is 3.32. The molecule has 0 unspecified atom stereocenters. The van der Waals surface area contributed by atoms with Crippen molar-refractivity contribution in [1.82, 2.24) is 4.98 Å². The smallest absolute Gasteiger partial charge is 0.184 e. The van der Waals surface area contributed by atoms with E-state index in [4.69, 9.17) is 11.6 Å². The van der Waals surface area contributed by atoms with Gasteiger partial charge in [0.1, 0.15) is 0 Å². The summed E-state index contributed by atoms with van der Waals surface area (Å²) in [5.74, 6) is -0.138. The van der Waals surface area contributed by atoms with Crippen molar-refractivity contribution in [1.29, 1.82) is 0 Å². The van der Waals surface area contributed by atoms with Crippen molar-refractivity contribution >= 4 is 48.3 Å². The summed E-state index contributed by atoms with van der Waals surface area (Å²) in [5, 5.41) is 1.47. The van der Waals surface area contributed by atoms with Crippen LogP contribution in [0.25, 0.3) is 10.9 Å². The van der Waals surface area contributed by atoms with E-state index in [1.54, 1.807) is 18.2 Å². The number of benzene rings is 2. The number of rotatable bonds is 3. The van der Waals surface area contributed by atoms with Crippen molar-refractivity contribution in [3.63, 3.8) is 0 Å². The summed E-state index contributed by atoms with van der Waals surface area (Å²) in [5.41, 5.74) is 1.29. The molecule has 1 aromatic heterocycles. The molecule has 0 saturated heterocycles. The van der Waals surface area contributed by atoms with Crippen LogP contribution in [0.4, 0.5) is 0 Å². The molecule has 0 aliphatic rings. The van der Waals surface area contributed by atoms with E-state index in [-0.39, 0.29) is 10.6 Å². The van der Waals surface area contributed by atoms with Gasteiger partial charge in [-0.25, -0.2) is 8.42 Å². The maximum absolute atomic E-state index is 12.4. The molecule has 0 aliphatic heterocycles. The zero-order chi connectivity index (χ0) is 15.7. The SMILES string of the molecule is O=S(=O)(Cc1ccc2cc(Br)ccc2n1)c1ccc(Cl)cc1. The Morgan fingerprint density at radius 1 is 1.00 bits per heavy atom. The molecule has 112 valence electrons. The maximum atomic E-state index is 12.4. The van der Waals surface area contributed by atoms with Gasteiger partial charge in [-0.3, -0.25) is 4.98 Å². The first-order valence-electron chi connectivity index (χ1n) is 6.47. The van der Waals surface area contributed by atoms with Crippen molar-refractivity contribution in [3.8, 4) is 0 Å². The minimum Gasteiger partial charge on any atom is -0.252 e. The van der Waals surface area contributed by atoms with Crippen molar-refractivity contribution in [3.05, 3.63) is 69.8 Å². The lowest BCUT2D eigenvalue weighted by atomic mass is 10.2. The van der Waals surface area contributed by atoms with Crippen LogP contribution < -0.4 is 0 Å². The normalized spacial score (nSPS) is 11.7. The molecule has 0 amide bonds. The summed E-state index contributed by atoms with van der Waals surface area (Å²) in [7, 11) is -3.44. The molecule has 3 aromatic rings. The van der Waals surface area contributed by atoms with Crippen molar-refractivity contribution < 1.29 is 8.42 Å². The molecule has 2 aromatic carbocycles. The van der Waals surface area contributed by atoms with E-state index in [0.29, 0.717) is 10.7 Å². The minimum absolute atomic E-state index is 0.138. The largest absolute Gasteiger partial charge is 0.252 e. The quantitative estimate of drug-likeness (QED) is 0.649. The lowest BCUT2D eigenvalue weighted by Gasteiger charge is -2.06. The van der Waals surface area contributed by atoms with E-state index in [1.807, 2.05) is 24.3 Å². The van der Waals surface area contributed by atoms with Crippen LogP contribution in [0, 0.1) is 0 Å². The molecule has 0 radical (unpaired) electrons. The second-order valence-corrected chi connectivity index (χ2v) is 8.19. The highest BCUT2D eigenvalue weighted by Gasteiger charge is 2.16. The number of hydrogen-bond acceptors (Lipinski definition) is 3. The number of fused-ring (bicyclic) bond motifs is 1. The van der Waals surface area contributed by atoms with Crippen molar-refractivity contribution in [2.75, 3.05) is 0 Å². The highest BCUT2D eigenvalue weighted by Crippen LogP contribution is 2.21. The average Bonchev–Trinajstić information content (AvgIpc) is 2.47. The Balaban J connectivity index is 1.95.